The number of para-hydroxylation sites is 2. The molecular formula is C14H13N3OS. The normalized spacial score (nSPS) is 10.9. The molecule has 1 aromatic heterocycles. The van der Waals surface area contributed by atoms with Crippen molar-refractivity contribution in [1.82, 2.24) is 9.97 Å². The quantitative estimate of drug-likeness (QED) is 0.388. The summed E-state index contributed by atoms with van der Waals surface area (Å²) in [4.78, 5) is 7.76. The van der Waals surface area contributed by atoms with Gasteiger partial charge in [0.1, 0.15) is 5.75 Å². The van der Waals surface area contributed by atoms with E-state index < -0.39 is 0 Å². The zero-order chi connectivity index (χ0) is 13.2. The van der Waals surface area contributed by atoms with E-state index >= 15 is 0 Å². The van der Waals surface area contributed by atoms with Gasteiger partial charge in [-0.25, -0.2) is 4.98 Å². The Hall–Kier alpha value is -2.14. The van der Waals surface area contributed by atoms with Crippen molar-refractivity contribution < 1.29 is 5.11 Å². The van der Waals surface area contributed by atoms with Crippen LogP contribution < -0.4 is 5.73 Å². The van der Waals surface area contributed by atoms with E-state index in [9.17, 15) is 5.11 Å². The monoisotopic (exact) mass is 271 g/mol. The number of fused-ring (bicyclic) bond motifs is 1. The number of aromatic amines is 1. The highest BCUT2D eigenvalue weighted by Crippen LogP contribution is 2.26. The lowest BCUT2D eigenvalue weighted by Gasteiger charge is -2.02. The number of nitrogen functional groups attached to an aromatic ring is 1. The topological polar surface area (TPSA) is 74.9 Å². The SMILES string of the molecule is Nc1cc(CSc2nc3ccccc3[nH]2)ccc1O. The molecule has 5 heteroatoms. The molecule has 0 unspecified atom stereocenters. The minimum atomic E-state index is 0.123. The smallest absolute Gasteiger partial charge is 0.166 e. The molecule has 0 bridgehead atoms. The van der Waals surface area contributed by atoms with Crippen LogP contribution in [-0.4, -0.2) is 15.1 Å². The summed E-state index contributed by atoms with van der Waals surface area (Å²) >= 11 is 1.61. The third kappa shape index (κ3) is 2.51. The van der Waals surface area contributed by atoms with Crippen molar-refractivity contribution in [2.24, 2.45) is 0 Å². The van der Waals surface area contributed by atoms with Crippen molar-refractivity contribution in [2.75, 3.05) is 5.73 Å². The highest BCUT2D eigenvalue weighted by molar-refractivity contribution is 7.98. The summed E-state index contributed by atoms with van der Waals surface area (Å²) in [6, 6.07) is 13.2. The molecule has 0 radical (unpaired) electrons. The fourth-order valence-electron chi connectivity index (χ4n) is 1.84. The van der Waals surface area contributed by atoms with Gasteiger partial charge in [-0.3, -0.25) is 0 Å². The second kappa shape index (κ2) is 4.85. The first-order valence-electron chi connectivity index (χ1n) is 5.87. The van der Waals surface area contributed by atoms with Gasteiger partial charge in [-0.05, 0) is 29.8 Å². The first-order chi connectivity index (χ1) is 9.22. The van der Waals surface area contributed by atoms with Gasteiger partial charge in [0.05, 0.1) is 16.7 Å². The fourth-order valence-corrected chi connectivity index (χ4v) is 2.67. The molecule has 0 saturated carbocycles. The number of nitrogens with two attached hydrogens (primary N) is 1. The van der Waals surface area contributed by atoms with E-state index in [-0.39, 0.29) is 5.75 Å². The number of rotatable bonds is 3. The predicted molar refractivity (Wildman–Crippen MR) is 78.2 cm³/mol. The predicted octanol–water partition coefficient (Wildman–Crippen LogP) is 3.14. The average Bonchev–Trinajstić information content (AvgIpc) is 2.83. The Morgan fingerprint density at radius 2 is 2.05 bits per heavy atom. The third-order valence-corrected chi connectivity index (χ3v) is 3.78. The molecular weight excluding hydrogens is 258 g/mol. The number of hydrogen-bond acceptors (Lipinski definition) is 4. The fraction of sp³-hybridized carbons (Fsp3) is 0.0714. The summed E-state index contributed by atoms with van der Waals surface area (Å²) in [5, 5.41) is 10.3. The molecule has 0 amide bonds. The number of thioether (sulfide) groups is 1. The van der Waals surface area contributed by atoms with Crippen LogP contribution in [0.2, 0.25) is 0 Å². The van der Waals surface area contributed by atoms with Crippen molar-refractivity contribution in [3.05, 3.63) is 48.0 Å². The van der Waals surface area contributed by atoms with E-state index in [0.717, 1.165) is 27.5 Å². The lowest BCUT2D eigenvalue weighted by Crippen LogP contribution is -1.88. The summed E-state index contributed by atoms with van der Waals surface area (Å²) in [6.07, 6.45) is 0. The van der Waals surface area contributed by atoms with Gasteiger partial charge in [0.15, 0.2) is 5.16 Å². The first-order valence-corrected chi connectivity index (χ1v) is 6.86. The van der Waals surface area contributed by atoms with E-state index in [4.69, 9.17) is 5.73 Å². The van der Waals surface area contributed by atoms with Gasteiger partial charge >= 0.3 is 0 Å². The number of aromatic hydroxyl groups is 1. The summed E-state index contributed by atoms with van der Waals surface area (Å²) in [6.45, 7) is 0. The van der Waals surface area contributed by atoms with Crippen LogP contribution in [-0.2, 0) is 5.75 Å². The Labute approximate surface area is 114 Å². The summed E-state index contributed by atoms with van der Waals surface area (Å²) in [7, 11) is 0. The van der Waals surface area contributed by atoms with E-state index in [0.29, 0.717) is 5.69 Å². The summed E-state index contributed by atoms with van der Waals surface area (Å²) in [5.74, 6) is 0.877. The molecule has 0 fully saturated rings. The summed E-state index contributed by atoms with van der Waals surface area (Å²) in [5.41, 5.74) is 9.13. The number of nitrogens with one attached hydrogen (secondary N) is 1. The van der Waals surface area contributed by atoms with Crippen LogP contribution in [0.3, 0.4) is 0 Å². The second-order valence-electron chi connectivity index (χ2n) is 4.24. The number of hydrogen-bond donors (Lipinski definition) is 3. The molecule has 2 aromatic carbocycles. The zero-order valence-corrected chi connectivity index (χ0v) is 10.9. The molecule has 0 aliphatic heterocycles. The molecule has 4 nitrogen and oxygen atoms in total. The Balaban J connectivity index is 1.76. The molecule has 0 atom stereocenters. The van der Waals surface area contributed by atoms with Gasteiger partial charge in [0.2, 0.25) is 0 Å². The standard InChI is InChI=1S/C14H13N3OS/c15-10-7-9(5-6-13(10)18)8-19-14-16-11-3-1-2-4-12(11)17-14/h1-7,18H,8,15H2,(H,16,17). The van der Waals surface area contributed by atoms with Gasteiger partial charge < -0.3 is 15.8 Å². The Kier molecular flexibility index (Phi) is 3.05. The lowest BCUT2D eigenvalue weighted by molar-refractivity contribution is 0.478. The van der Waals surface area contributed by atoms with Gasteiger partial charge in [0, 0.05) is 5.75 Å². The van der Waals surface area contributed by atoms with Crippen LogP contribution in [0.1, 0.15) is 5.56 Å². The number of phenolic OH excluding ortho intramolecular Hbond substituents is 1. The van der Waals surface area contributed by atoms with Crippen molar-refractivity contribution >= 4 is 28.5 Å². The van der Waals surface area contributed by atoms with Gasteiger partial charge in [-0.2, -0.15) is 0 Å². The maximum absolute atomic E-state index is 9.37. The molecule has 3 rings (SSSR count). The van der Waals surface area contributed by atoms with Crippen LogP contribution >= 0.6 is 11.8 Å². The minimum absolute atomic E-state index is 0.123. The molecule has 3 aromatic rings. The molecule has 0 saturated heterocycles. The molecule has 19 heavy (non-hydrogen) atoms. The van der Waals surface area contributed by atoms with E-state index in [1.54, 1.807) is 23.9 Å². The minimum Gasteiger partial charge on any atom is -0.506 e. The first kappa shape index (κ1) is 11.9. The number of nitrogens with zero attached hydrogens (tertiary/aromatic N) is 1. The number of aromatic nitrogens is 2. The van der Waals surface area contributed by atoms with E-state index in [1.165, 1.54) is 0 Å². The highest BCUT2D eigenvalue weighted by Gasteiger charge is 2.04. The highest BCUT2D eigenvalue weighted by atomic mass is 32.2. The van der Waals surface area contributed by atoms with Crippen molar-refractivity contribution in [1.29, 1.82) is 0 Å². The van der Waals surface area contributed by atoms with Gasteiger partial charge in [0.25, 0.3) is 0 Å². The van der Waals surface area contributed by atoms with Crippen LogP contribution in [0.15, 0.2) is 47.6 Å². The summed E-state index contributed by atoms with van der Waals surface area (Å²) < 4.78 is 0. The maximum Gasteiger partial charge on any atom is 0.166 e. The number of anilines is 1. The Morgan fingerprint density at radius 3 is 2.84 bits per heavy atom. The van der Waals surface area contributed by atoms with Gasteiger partial charge in [-0.15, -0.1) is 0 Å². The van der Waals surface area contributed by atoms with Crippen LogP contribution in [0.4, 0.5) is 5.69 Å². The Bertz CT molecular complexity index is 691. The second-order valence-corrected chi connectivity index (χ2v) is 5.20. The van der Waals surface area contributed by atoms with Crippen LogP contribution in [0.25, 0.3) is 11.0 Å². The maximum atomic E-state index is 9.37. The molecule has 4 N–H and O–H groups in total. The average molecular weight is 271 g/mol. The van der Waals surface area contributed by atoms with Gasteiger partial charge in [-0.1, -0.05) is 30.0 Å². The molecule has 0 aliphatic rings. The van der Waals surface area contributed by atoms with Crippen molar-refractivity contribution in [2.45, 2.75) is 10.9 Å². The number of H-pyrrole nitrogens is 1. The number of phenols is 1. The molecule has 96 valence electrons. The molecule has 0 aliphatic carbocycles. The van der Waals surface area contributed by atoms with Crippen LogP contribution in [0, 0.1) is 0 Å². The van der Waals surface area contributed by atoms with Crippen molar-refractivity contribution in [3.8, 4) is 5.75 Å². The van der Waals surface area contributed by atoms with Crippen molar-refractivity contribution in [3.63, 3.8) is 0 Å². The third-order valence-electron chi connectivity index (χ3n) is 2.84. The molecule has 1 heterocycles. The van der Waals surface area contributed by atoms with Crippen LogP contribution in [0.5, 0.6) is 5.75 Å². The Morgan fingerprint density at radius 1 is 1.21 bits per heavy atom. The number of imidazole rings is 1. The number of benzene rings is 2. The van der Waals surface area contributed by atoms with E-state index in [1.807, 2.05) is 30.3 Å². The molecule has 0 spiro atoms. The lowest BCUT2D eigenvalue weighted by atomic mass is 10.2. The zero-order valence-electron chi connectivity index (χ0n) is 10.1. The largest absolute Gasteiger partial charge is 0.506 e. The van der Waals surface area contributed by atoms with E-state index in [2.05, 4.69) is 9.97 Å².